The zero-order chi connectivity index (χ0) is 14.7. The molecule has 2 rings (SSSR count). The molecule has 0 aromatic heterocycles. The highest BCUT2D eigenvalue weighted by atomic mass is 79.9. The molecule has 1 amide bonds. The van der Waals surface area contributed by atoms with Gasteiger partial charge in [0.25, 0.3) is 5.69 Å². The molecule has 2 unspecified atom stereocenters. The summed E-state index contributed by atoms with van der Waals surface area (Å²) in [5.41, 5.74) is 0.527. The Hall–Kier alpha value is -1.47. The van der Waals surface area contributed by atoms with Gasteiger partial charge in [-0.3, -0.25) is 14.9 Å². The van der Waals surface area contributed by atoms with Crippen LogP contribution in [0.15, 0.2) is 22.7 Å². The number of halogens is 1. The van der Waals surface area contributed by atoms with Gasteiger partial charge >= 0.3 is 0 Å². The predicted octanol–water partition coefficient (Wildman–Crippen LogP) is 2.68. The smallest absolute Gasteiger partial charge is 0.283 e. The third kappa shape index (κ3) is 3.34. The van der Waals surface area contributed by atoms with Crippen LogP contribution in [0.1, 0.15) is 19.8 Å². The predicted molar refractivity (Wildman–Crippen MR) is 79.6 cm³/mol. The van der Waals surface area contributed by atoms with Gasteiger partial charge in [-0.2, -0.15) is 0 Å². The molecule has 0 radical (unpaired) electrons. The molecule has 1 aromatic rings. The SMILES string of the molecule is CC1CCCNC1C(=O)Nc1ccc([N+](=O)[O-])c(Br)c1. The monoisotopic (exact) mass is 341 g/mol. The highest BCUT2D eigenvalue weighted by Crippen LogP contribution is 2.28. The van der Waals surface area contributed by atoms with Gasteiger partial charge in [0.2, 0.25) is 5.91 Å². The maximum absolute atomic E-state index is 12.2. The van der Waals surface area contributed by atoms with Gasteiger partial charge in [0.05, 0.1) is 15.4 Å². The molecule has 7 heteroatoms. The van der Waals surface area contributed by atoms with Gasteiger partial charge in [-0.25, -0.2) is 0 Å². The van der Waals surface area contributed by atoms with Gasteiger partial charge in [0, 0.05) is 11.8 Å². The summed E-state index contributed by atoms with van der Waals surface area (Å²) in [4.78, 5) is 22.4. The molecule has 1 aliphatic rings. The third-order valence-corrected chi connectivity index (χ3v) is 4.10. The fraction of sp³-hybridized carbons (Fsp3) is 0.462. The number of anilines is 1. The number of nitro groups is 1. The van der Waals surface area contributed by atoms with Crippen LogP contribution in [-0.2, 0) is 4.79 Å². The van der Waals surface area contributed by atoms with Crippen molar-refractivity contribution in [1.82, 2.24) is 5.32 Å². The molecule has 108 valence electrons. The van der Waals surface area contributed by atoms with E-state index in [9.17, 15) is 14.9 Å². The summed E-state index contributed by atoms with van der Waals surface area (Å²) in [5.74, 6) is 0.184. The molecular weight excluding hydrogens is 326 g/mol. The molecular formula is C13H16BrN3O3. The van der Waals surface area contributed by atoms with Crippen LogP contribution < -0.4 is 10.6 Å². The van der Waals surface area contributed by atoms with Crippen LogP contribution in [0.4, 0.5) is 11.4 Å². The van der Waals surface area contributed by atoms with Crippen LogP contribution in [0.3, 0.4) is 0 Å². The van der Waals surface area contributed by atoms with Crippen molar-refractivity contribution in [3.63, 3.8) is 0 Å². The van der Waals surface area contributed by atoms with Crippen molar-refractivity contribution < 1.29 is 9.72 Å². The van der Waals surface area contributed by atoms with Crippen molar-refractivity contribution in [3.05, 3.63) is 32.8 Å². The highest BCUT2D eigenvalue weighted by molar-refractivity contribution is 9.10. The third-order valence-electron chi connectivity index (χ3n) is 3.46. The first-order valence-corrected chi connectivity index (χ1v) is 7.26. The number of rotatable bonds is 3. The standard InChI is InChI=1S/C13H16BrN3O3/c1-8-3-2-6-15-12(8)13(18)16-9-4-5-11(17(19)20)10(14)7-9/h4-5,7-8,12,15H,2-3,6H2,1H3,(H,16,18). The molecule has 1 saturated heterocycles. The van der Waals surface area contributed by atoms with E-state index in [1.807, 2.05) is 6.92 Å². The van der Waals surface area contributed by atoms with E-state index in [0.717, 1.165) is 19.4 Å². The molecule has 20 heavy (non-hydrogen) atoms. The number of carbonyl (C=O) groups excluding carboxylic acids is 1. The molecule has 2 N–H and O–H groups in total. The number of hydrogen-bond donors (Lipinski definition) is 2. The van der Waals surface area contributed by atoms with Crippen LogP contribution in [0.2, 0.25) is 0 Å². The largest absolute Gasteiger partial charge is 0.325 e. The number of nitrogens with zero attached hydrogens (tertiary/aromatic N) is 1. The molecule has 0 bridgehead atoms. The molecule has 0 aliphatic carbocycles. The van der Waals surface area contributed by atoms with Gasteiger partial charge in [0.1, 0.15) is 0 Å². The number of benzene rings is 1. The van der Waals surface area contributed by atoms with E-state index < -0.39 is 4.92 Å². The summed E-state index contributed by atoms with van der Waals surface area (Å²) >= 11 is 3.14. The van der Waals surface area contributed by atoms with Crippen LogP contribution in [0, 0.1) is 16.0 Å². The fourth-order valence-corrected chi connectivity index (χ4v) is 2.88. The first-order valence-electron chi connectivity index (χ1n) is 6.47. The van der Waals surface area contributed by atoms with Crippen molar-refractivity contribution in [1.29, 1.82) is 0 Å². The Morgan fingerprint density at radius 1 is 1.55 bits per heavy atom. The van der Waals surface area contributed by atoms with E-state index in [4.69, 9.17) is 0 Å². The Balaban J connectivity index is 2.08. The summed E-state index contributed by atoms with van der Waals surface area (Å²) in [6, 6.07) is 4.24. The number of hydrogen-bond acceptors (Lipinski definition) is 4. The number of piperidine rings is 1. The fourth-order valence-electron chi connectivity index (χ4n) is 2.35. The van der Waals surface area contributed by atoms with Crippen molar-refractivity contribution >= 4 is 33.2 Å². The van der Waals surface area contributed by atoms with E-state index in [1.165, 1.54) is 12.1 Å². The number of nitro benzene ring substituents is 1. The second kappa shape index (κ2) is 6.32. The van der Waals surface area contributed by atoms with Crippen molar-refractivity contribution in [2.24, 2.45) is 5.92 Å². The molecule has 0 spiro atoms. The van der Waals surface area contributed by atoms with Gasteiger partial charge in [-0.15, -0.1) is 0 Å². The normalized spacial score (nSPS) is 22.3. The zero-order valence-corrected chi connectivity index (χ0v) is 12.6. The van der Waals surface area contributed by atoms with Crippen molar-refractivity contribution in [2.75, 3.05) is 11.9 Å². The highest BCUT2D eigenvalue weighted by Gasteiger charge is 2.27. The number of carbonyl (C=O) groups is 1. The summed E-state index contributed by atoms with van der Waals surface area (Å²) in [6.07, 6.45) is 2.10. The summed E-state index contributed by atoms with van der Waals surface area (Å²) < 4.78 is 0.352. The van der Waals surface area contributed by atoms with E-state index in [-0.39, 0.29) is 23.6 Å². The molecule has 1 fully saturated rings. The van der Waals surface area contributed by atoms with Gasteiger partial charge in [0.15, 0.2) is 0 Å². The minimum Gasteiger partial charge on any atom is -0.325 e. The van der Waals surface area contributed by atoms with E-state index in [1.54, 1.807) is 6.07 Å². The number of amides is 1. The lowest BCUT2D eigenvalue weighted by Crippen LogP contribution is -2.48. The van der Waals surface area contributed by atoms with Crippen LogP contribution in [0.25, 0.3) is 0 Å². The lowest BCUT2D eigenvalue weighted by Gasteiger charge is -2.28. The van der Waals surface area contributed by atoms with Gasteiger partial charge in [-0.1, -0.05) is 6.92 Å². The van der Waals surface area contributed by atoms with E-state index in [2.05, 4.69) is 26.6 Å². The van der Waals surface area contributed by atoms with Crippen LogP contribution >= 0.6 is 15.9 Å². The minimum atomic E-state index is -0.472. The van der Waals surface area contributed by atoms with E-state index in [0.29, 0.717) is 10.2 Å². The van der Waals surface area contributed by atoms with Crippen molar-refractivity contribution in [3.8, 4) is 0 Å². The topological polar surface area (TPSA) is 84.3 Å². The Bertz CT molecular complexity index is 536. The lowest BCUT2D eigenvalue weighted by atomic mass is 9.92. The van der Waals surface area contributed by atoms with Gasteiger partial charge in [-0.05, 0) is 53.4 Å². The lowest BCUT2D eigenvalue weighted by molar-refractivity contribution is -0.385. The molecule has 0 saturated carbocycles. The van der Waals surface area contributed by atoms with Crippen LogP contribution in [0.5, 0.6) is 0 Å². The molecule has 1 aromatic carbocycles. The van der Waals surface area contributed by atoms with Gasteiger partial charge < -0.3 is 10.6 Å². The molecule has 1 aliphatic heterocycles. The Morgan fingerprint density at radius 3 is 2.90 bits per heavy atom. The average Bonchev–Trinajstić information content (AvgIpc) is 2.38. The molecule has 1 heterocycles. The summed E-state index contributed by atoms with van der Waals surface area (Å²) in [6.45, 7) is 2.88. The molecule has 6 nitrogen and oxygen atoms in total. The minimum absolute atomic E-state index is 0.0211. The summed E-state index contributed by atoms with van der Waals surface area (Å²) in [5, 5.41) is 16.7. The second-order valence-corrected chi connectivity index (χ2v) is 5.82. The summed E-state index contributed by atoms with van der Waals surface area (Å²) in [7, 11) is 0. The molecule has 2 atom stereocenters. The van der Waals surface area contributed by atoms with Crippen molar-refractivity contribution in [2.45, 2.75) is 25.8 Å². The maximum atomic E-state index is 12.2. The number of nitrogens with one attached hydrogen (secondary N) is 2. The Kier molecular flexibility index (Phi) is 4.72. The zero-order valence-electron chi connectivity index (χ0n) is 11.1. The van der Waals surface area contributed by atoms with E-state index >= 15 is 0 Å². The Morgan fingerprint density at radius 2 is 2.30 bits per heavy atom. The maximum Gasteiger partial charge on any atom is 0.283 e. The first kappa shape index (κ1) is 14.9. The quantitative estimate of drug-likeness (QED) is 0.653. The van der Waals surface area contributed by atoms with Crippen LogP contribution in [-0.4, -0.2) is 23.4 Å². The first-order chi connectivity index (χ1) is 9.49. The Labute approximate surface area is 125 Å². The second-order valence-electron chi connectivity index (χ2n) is 4.96. The average molecular weight is 342 g/mol.